The number of hydrogen-bond acceptors (Lipinski definition) is 2. The van der Waals surface area contributed by atoms with Crippen LogP contribution >= 0.6 is 0 Å². The molecular formula is C13H27NO. The highest BCUT2D eigenvalue weighted by Gasteiger charge is 2.20. The normalized spacial score (nSPS) is 18.4. The highest BCUT2D eigenvalue weighted by molar-refractivity contribution is 4.72. The highest BCUT2D eigenvalue weighted by atomic mass is 16.5. The third kappa shape index (κ3) is 7.80. The van der Waals surface area contributed by atoms with E-state index in [0.29, 0.717) is 6.10 Å². The zero-order valence-corrected chi connectivity index (χ0v) is 10.6. The Morgan fingerprint density at radius 3 is 2.60 bits per heavy atom. The average Bonchev–Trinajstić information content (AvgIpc) is 2.96. The number of hydrogen-bond donors (Lipinski definition) is 1. The van der Waals surface area contributed by atoms with E-state index in [-0.39, 0.29) is 0 Å². The molecule has 90 valence electrons. The van der Waals surface area contributed by atoms with Crippen molar-refractivity contribution in [2.24, 2.45) is 11.8 Å². The van der Waals surface area contributed by atoms with Crippen LogP contribution in [0.15, 0.2) is 0 Å². The standard InChI is InChI=1S/C13H27NO/c1-11(2)6-8-14-10-12(3)15-9-7-13-4-5-13/h11-14H,4-10H2,1-3H3. The van der Waals surface area contributed by atoms with Gasteiger partial charge in [-0.05, 0) is 38.1 Å². The Kier molecular flexibility index (Phi) is 6.26. The molecule has 0 radical (unpaired) electrons. The third-order valence-electron chi connectivity index (χ3n) is 2.96. The maximum Gasteiger partial charge on any atom is 0.0671 e. The van der Waals surface area contributed by atoms with Crippen LogP contribution in [0.1, 0.15) is 46.5 Å². The molecule has 0 aromatic rings. The van der Waals surface area contributed by atoms with Gasteiger partial charge in [-0.15, -0.1) is 0 Å². The molecular weight excluding hydrogens is 186 g/mol. The minimum absolute atomic E-state index is 0.371. The van der Waals surface area contributed by atoms with Crippen molar-refractivity contribution in [2.45, 2.75) is 52.6 Å². The summed E-state index contributed by atoms with van der Waals surface area (Å²) >= 11 is 0. The van der Waals surface area contributed by atoms with Gasteiger partial charge in [0.1, 0.15) is 0 Å². The number of ether oxygens (including phenoxy) is 1. The molecule has 1 atom stereocenters. The quantitative estimate of drug-likeness (QED) is 0.595. The Morgan fingerprint density at radius 1 is 1.27 bits per heavy atom. The maximum atomic E-state index is 5.74. The minimum atomic E-state index is 0.371. The van der Waals surface area contributed by atoms with Crippen molar-refractivity contribution in [3.05, 3.63) is 0 Å². The van der Waals surface area contributed by atoms with E-state index in [1.807, 2.05) is 0 Å². The largest absolute Gasteiger partial charge is 0.377 e. The molecule has 0 spiro atoms. The van der Waals surface area contributed by atoms with E-state index in [2.05, 4.69) is 26.1 Å². The summed E-state index contributed by atoms with van der Waals surface area (Å²) in [6, 6.07) is 0. The van der Waals surface area contributed by atoms with E-state index in [1.54, 1.807) is 0 Å². The summed E-state index contributed by atoms with van der Waals surface area (Å²) in [5.41, 5.74) is 0. The monoisotopic (exact) mass is 213 g/mol. The Labute approximate surface area is 94.8 Å². The van der Waals surface area contributed by atoms with Gasteiger partial charge in [0.15, 0.2) is 0 Å². The van der Waals surface area contributed by atoms with Gasteiger partial charge in [0, 0.05) is 13.2 Å². The molecule has 0 aromatic carbocycles. The smallest absolute Gasteiger partial charge is 0.0671 e. The van der Waals surface area contributed by atoms with Crippen LogP contribution < -0.4 is 5.32 Å². The van der Waals surface area contributed by atoms with Crippen LogP contribution in [-0.4, -0.2) is 25.8 Å². The van der Waals surface area contributed by atoms with Crippen molar-refractivity contribution in [3.8, 4) is 0 Å². The topological polar surface area (TPSA) is 21.3 Å². The van der Waals surface area contributed by atoms with Crippen LogP contribution in [0.25, 0.3) is 0 Å². The first-order chi connectivity index (χ1) is 7.18. The highest BCUT2D eigenvalue weighted by Crippen LogP contribution is 2.32. The van der Waals surface area contributed by atoms with Crippen LogP contribution in [0.2, 0.25) is 0 Å². The fourth-order valence-electron chi connectivity index (χ4n) is 1.60. The van der Waals surface area contributed by atoms with Crippen molar-refractivity contribution >= 4 is 0 Å². The summed E-state index contributed by atoms with van der Waals surface area (Å²) in [6.45, 7) is 9.76. The lowest BCUT2D eigenvalue weighted by atomic mass is 10.1. The van der Waals surface area contributed by atoms with Crippen LogP contribution in [0, 0.1) is 11.8 Å². The second kappa shape index (κ2) is 7.24. The van der Waals surface area contributed by atoms with Crippen molar-refractivity contribution in [3.63, 3.8) is 0 Å². The van der Waals surface area contributed by atoms with E-state index in [4.69, 9.17) is 4.74 Å². The van der Waals surface area contributed by atoms with Gasteiger partial charge < -0.3 is 10.1 Å². The molecule has 1 aliphatic carbocycles. The molecule has 0 heterocycles. The average molecular weight is 213 g/mol. The van der Waals surface area contributed by atoms with Crippen molar-refractivity contribution in [1.82, 2.24) is 5.32 Å². The van der Waals surface area contributed by atoms with Gasteiger partial charge in [-0.25, -0.2) is 0 Å². The summed E-state index contributed by atoms with van der Waals surface area (Å²) in [6.07, 6.45) is 5.77. The predicted molar refractivity (Wildman–Crippen MR) is 65.1 cm³/mol. The SMILES string of the molecule is CC(C)CCNCC(C)OCCC1CC1. The molecule has 0 aromatic heterocycles. The lowest BCUT2D eigenvalue weighted by Crippen LogP contribution is -2.28. The van der Waals surface area contributed by atoms with Crippen LogP contribution in [0.5, 0.6) is 0 Å². The van der Waals surface area contributed by atoms with E-state index in [0.717, 1.165) is 31.5 Å². The molecule has 1 unspecified atom stereocenters. The summed E-state index contributed by atoms with van der Waals surface area (Å²) in [4.78, 5) is 0. The summed E-state index contributed by atoms with van der Waals surface area (Å²) < 4.78 is 5.74. The number of rotatable bonds is 9. The molecule has 2 heteroatoms. The molecule has 1 fully saturated rings. The van der Waals surface area contributed by atoms with Gasteiger partial charge in [0.05, 0.1) is 6.10 Å². The Morgan fingerprint density at radius 2 is 2.00 bits per heavy atom. The van der Waals surface area contributed by atoms with Gasteiger partial charge in [0.2, 0.25) is 0 Å². The Bertz CT molecular complexity index is 155. The summed E-state index contributed by atoms with van der Waals surface area (Å²) in [5, 5.41) is 3.45. The van der Waals surface area contributed by atoms with Crippen molar-refractivity contribution in [2.75, 3.05) is 19.7 Å². The zero-order valence-electron chi connectivity index (χ0n) is 10.6. The van der Waals surface area contributed by atoms with Crippen LogP contribution in [0.3, 0.4) is 0 Å². The Hall–Kier alpha value is -0.0800. The molecule has 1 aliphatic rings. The van der Waals surface area contributed by atoms with Gasteiger partial charge in [-0.2, -0.15) is 0 Å². The van der Waals surface area contributed by atoms with Crippen LogP contribution in [-0.2, 0) is 4.74 Å². The van der Waals surface area contributed by atoms with Gasteiger partial charge in [-0.1, -0.05) is 26.7 Å². The molecule has 0 aliphatic heterocycles. The fraction of sp³-hybridized carbons (Fsp3) is 1.00. The summed E-state index contributed by atoms with van der Waals surface area (Å²) in [5.74, 6) is 1.79. The van der Waals surface area contributed by atoms with Crippen molar-refractivity contribution in [1.29, 1.82) is 0 Å². The van der Waals surface area contributed by atoms with Gasteiger partial charge >= 0.3 is 0 Å². The molecule has 0 saturated heterocycles. The van der Waals surface area contributed by atoms with Gasteiger partial charge in [0.25, 0.3) is 0 Å². The lowest BCUT2D eigenvalue weighted by Gasteiger charge is -2.14. The van der Waals surface area contributed by atoms with E-state index >= 15 is 0 Å². The van der Waals surface area contributed by atoms with E-state index in [1.165, 1.54) is 25.7 Å². The number of nitrogens with one attached hydrogen (secondary N) is 1. The first-order valence-corrected chi connectivity index (χ1v) is 6.50. The molecule has 1 rings (SSSR count). The van der Waals surface area contributed by atoms with Gasteiger partial charge in [-0.3, -0.25) is 0 Å². The molecule has 2 nitrogen and oxygen atoms in total. The second-order valence-electron chi connectivity index (χ2n) is 5.30. The van der Waals surface area contributed by atoms with E-state index in [9.17, 15) is 0 Å². The molecule has 0 bridgehead atoms. The first-order valence-electron chi connectivity index (χ1n) is 6.50. The zero-order chi connectivity index (χ0) is 11.1. The third-order valence-corrected chi connectivity index (χ3v) is 2.96. The second-order valence-corrected chi connectivity index (χ2v) is 5.30. The minimum Gasteiger partial charge on any atom is -0.377 e. The predicted octanol–water partition coefficient (Wildman–Crippen LogP) is 2.83. The van der Waals surface area contributed by atoms with Crippen molar-refractivity contribution < 1.29 is 4.74 Å². The molecule has 1 N–H and O–H groups in total. The molecule has 15 heavy (non-hydrogen) atoms. The Balaban J connectivity index is 1.81. The molecule has 0 amide bonds. The fourth-order valence-corrected chi connectivity index (χ4v) is 1.60. The maximum absolute atomic E-state index is 5.74. The van der Waals surface area contributed by atoms with Crippen LogP contribution in [0.4, 0.5) is 0 Å². The van der Waals surface area contributed by atoms with E-state index < -0.39 is 0 Å². The molecule has 1 saturated carbocycles. The lowest BCUT2D eigenvalue weighted by molar-refractivity contribution is 0.0617. The first kappa shape index (κ1) is 13.0. The summed E-state index contributed by atoms with van der Waals surface area (Å²) in [7, 11) is 0.